The van der Waals surface area contributed by atoms with Crippen LogP contribution in [0.15, 0.2) is 54.6 Å². The van der Waals surface area contributed by atoms with Crippen LogP contribution < -0.4 is 19.5 Å². The Morgan fingerprint density at radius 1 is 1.06 bits per heavy atom. The second-order valence-corrected chi connectivity index (χ2v) is 7.83. The van der Waals surface area contributed by atoms with Crippen molar-refractivity contribution in [3.8, 4) is 28.8 Å². The highest BCUT2D eigenvalue weighted by Gasteiger charge is 2.16. The number of hydrogen-bond acceptors (Lipinski definition) is 7. The summed E-state index contributed by atoms with van der Waals surface area (Å²) in [6.07, 6.45) is -0.629. The van der Waals surface area contributed by atoms with Crippen molar-refractivity contribution < 1.29 is 19.0 Å². The van der Waals surface area contributed by atoms with Crippen LogP contribution in [0.25, 0.3) is 17.0 Å². The van der Waals surface area contributed by atoms with Crippen molar-refractivity contribution in [2.24, 2.45) is 0 Å². The molecule has 1 atom stereocenters. The van der Waals surface area contributed by atoms with Crippen molar-refractivity contribution >= 4 is 11.6 Å². The number of aryl methyl sites for hydroxylation is 2. The highest BCUT2D eigenvalue weighted by molar-refractivity contribution is 5.80. The van der Waals surface area contributed by atoms with E-state index in [-0.39, 0.29) is 12.5 Å². The lowest BCUT2D eigenvalue weighted by Crippen LogP contribution is -2.38. The number of para-hydroxylation sites is 1. The first-order chi connectivity index (χ1) is 16.5. The molecule has 0 saturated heterocycles. The lowest BCUT2D eigenvalue weighted by molar-refractivity contribution is -0.127. The number of amides is 1. The molecule has 2 aromatic carbocycles. The zero-order chi connectivity index (χ0) is 24.1. The van der Waals surface area contributed by atoms with Crippen molar-refractivity contribution in [3.63, 3.8) is 0 Å². The van der Waals surface area contributed by atoms with Crippen LogP contribution in [0.5, 0.6) is 17.4 Å². The minimum absolute atomic E-state index is 0.217. The first-order valence-electron chi connectivity index (χ1n) is 11.0. The number of carbonyl (C=O) groups is 1. The predicted molar refractivity (Wildman–Crippen MR) is 127 cm³/mol. The Kier molecular flexibility index (Phi) is 6.91. The van der Waals surface area contributed by atoms with Gasteiger partial charge in [0.25, 0.3) is 5.91 Å². The summed E-state index contributed by atoms with van der Waals surface area (Å²) in [5.41, 5.74) is 3.41. The quantitative estimate of drug-likeness (QED) is 0.382. The van der Waals surface area contributed by atoms with E-state index in [1.807, 2.05) is 56.3 Å². The van der Waals surface area contributed by atoms with E-state index < -0.39 is 6.10 Å². The summed E-state index contributed by atoms with van der Waals surface area (Å²) in [4.78, 5) is 12.4. The van der Waals surface area contributed by atoms with Gasteiger partial charge in [0.1, 0.15) is 18.1 Å². The molecular formula is C25H27N5O4. The number of benzene rings is 2. The lowest BCUT2D eigenvalue weighted by Gasteiger charge is -2.16. The number of carbonyl (C=O) groups excluding carboxylic acids is 1. The van der Waals surface area contributed by atoms with Gasteiger partial charge in [0.2, 0.25) is 5.88 Å². The summed E-state index contributed by atoms with van der Waals surface area (Å²) in [7, 11) is 1.60. The molecule has 0 aliphatic heterocycles. The summed E-state index contributed by atoms with van der Waals surface area (Å²) in [6.45, 7) is 6.21. The molecule has 0 bridgehead atoms. The van der Waals surface area contributed by atoms with Crippen molar-refractivity contribution in [1.82, 2.24) is 25.1 Å². The molecule has 1 N–H and O–H groups in total. The third-order valence-electron chi connectivity index (χ3n) is 5.25. The molecule has 0 saturated carbocycles. The minimum Gasteiger partial charge on any atom is -0.496 e. The summed E-state index contributed by atoms with van der Waals surface area (Å²) in [6, 6.07) is 16.9. The first-order valence-corrected chi connectivity index (χ1v) is 11.0. The molecule has 1 amide bonds. The summed E-state index contributed by atoms with van der Waals surface area (Å²) in [5, 5.41) is 15.7. The fraction of sp³-hybridized carbons (Fsp3) is 0.280. The van der Waals surface area contributed by atoms with Crippen LogP contribution >= 0.6 is 0 Å². The third-order valence-corrected chi connectivity index (χ3v) is 5.25. The molecule has 2 heterocycles. The van der Waals surface area contributed by atoms with Crippen LogP contribution in [-0.4, -0.2) is 52.1 Å². The van der Waals surface area contributed by atoms with Gasteiger partial charge in [0.05, 0.1) is 19.2 Å². The summed E-state index contributed by atoms with van der Waals surface area (Å²) in [5.74, 6) is 2.09. The van der Waals surface area contributed by atoms with Gasteiger partial charge in [-0.1, -0.05) is 24.3 Å². The first kappa shape index (κ1) is 23.0. The number of hydrogen-bond donors (Lipinski definition) is 1. The fourth-order valence-electron chi connectivity index (χ4n) is 3.40. The maximum atomic E-state index is 12.4. The molecule has 2 aromatic heterocycles. The SMILES string of the molecule is COc1ccccc1-c1nnc2ccc(OCCNC(=O)C(C)Oc3cc(C)ccc3C)nn12. The van der Waals surface area contributed by atoms with E-state index in [0.29, 0.717) is 35.4 Å². The highest BCUT2D eigenvalue weighted by Crippen LogP contribution is 2.28. The maximum absolute atomic E-state index is 12.4. The zero-order valence-corrected chi connectivity index (χ0v) is 19.6. The molecule has 4 rings (SSSR count). The number of rotatable bonds is 9. The Morgan fingerprint density at radius 3 is 2.71 bits per heavy atom. The van der Waals surface area contributed by atoms with Gasteiger partial charge in [-0.15, -0.1) is 15.3 Å². The van der Waals surface area contributed by atoms with Crippen LogP contribution in [0.4, 0.5) is 0 Å². The van der Waals surface area contributed by atoms with E-state index in [0.717, 1.165) is 16.7 Å². The van der Waals surface area contributed by atoms with Gasteiger partial charge in [0, 0.05) is 6.07 Å². The topological polar surface area (TPSA) is 99.9 Å². The van der Waals surface area contributed by atoms with E-state index in [9.17, 15) is 4.79 Å². The third kappa shape index (κ3) is 5.09. The second kappa shape index (κ2) is 10.2. The predicted octanol–water partition coefficient (Wildman–Crippen LogP) is 3.38. The largest absolute Gasteiger partial charge is 0.496 e. The van der Waals surface area contributed by atoms with Crippen molar-refractivity contribution in [3.05, 3.63) is 65.7 Å². The van der Waals surface area contributed by atoms with Gasteiger partial charge >= 0.3 is 0 Å². The Hall–Kier alpha value is -4.14. The van der Waals surface area contributed by atoms with Crippen LogP contribution in [0.1, 0.15) is 18.1 Å². The van der Waals surface area contributed by atoms with Crippen LogP contribution in [-0.2, 0) is 4.79 Å². The fourth-order valence-corrected chi connectivity index (χ4v) is 3.40. The lowest BCUT2D eigenvalue weighted by atomic mass is 10.1. The summed E-state index contributed by atoms with van der Waals surface area (Å²) >= 11 is 0. The van der Waals surface area contributed by atoms with Gasteiger partial charge < -0.3 is 19.5 Å². The molecule has 4 aromatic rings. The van der Waals surface area contributed by atoms with Crippen LogP contribution in [0.2, 0.25) is 0 Å². The summed E-state index contributed by atoms with van der Waals surface area (Å²) < 4.78 is 18.6. The van der Waals surface area contributed by atoms with Crippen molar-refractivity contribution in [1.29, 1.82) is 0 Å². The van der Waals surface area contributed by atoms with Gasteiger partial charge in [-0.2, -0.15) is 4.52 Å². The van der Waals surface area contributed by atoms with Crippen LogP contribution in [0, 0.1) is 13.8 Å². The average molecular weight is 462 g/mol. The molecule has 34 heavy (non-hydrogen) atoms. The van der Waals surface area contributed by atoms with E-state index in [1.165, 1.54) is 0 Å². The Morgan fingerprint density at radius 2 is 1.88 bits per heavy atom. The number of aromatic nitrogens is 4. The highest BCUT2D eigenvalue weighted by atomic mass is 16.5. The number of ether oxygens (including phenoxy) is 3. The molecule has 0 fully saturated rings. The molecule has 9 heteroatoms. The minimum atomic E-state index is -0.629. The standard InChI is InChI=1S/C25H27N5O4/c1-16-9-10-17(2)21(15-16)34-18(3)25(31)26-13-14-33-23-12-11-22-27-28-24(30(22)29-23)19-7-5-6-8-20(19)32-4/h5-12,15,18H,13-14H2,1-4H3,(H,26,31). The average Bonchev–Trinajstić information content (AvgIpc) is 3.27. The molecule has 176 valence electrons. The Labute approximate surface area is 197 Å². The van der Waals surface area contributed by atoms with Gasteiger partial charge in [-0.25, -0.2) is 0 Å². The number of methoxy groups -OCH3 is 1. The van der Waals surface area contributed by atoms with Gasteiger partial charge in [-0.05, 0) is 56.2 Å². The maximum Gasteiger partial charge on any atom is 0.260 e. The molecule has 9 nitrogen and oxygen atoms in total. The van der Waals surface area contributed by atoms with E-state index in [1.54, 1.807) is 30.7 Å². The van der Waals surface area contributed by atoms with E-state index in [4.69, 9.17) is 14.2 Å². The number of fused-ring (bicyclic) bond motifs is 1. The smallest absolute Gasteiger partial charge is 0.260 e. The zero-order valence-electron chi connectivity index (χ0n) is 19.6. The van der Waals surface area contributed by atoms with E-state index in [2.05, 4.69) is 20.6 Å². The number of nitrogens with one attached hydrogen (secondary N) is 1. The molecule has 1 unspecified atom stereocenters. The van der Waals surface area contributed by atoms with Gasteiger partial charge in [-0.3, -0.25) is 4.79 Å². The number of nitrogens with zero attached hydrogens (tertiary/aromatic N) is 4. The second-order valence-electron chi connectivity index (χ2n) is 7.83. The molecule has 0 aliphatic rings. The molecule has 0 aliphatic carbocycles. The Balaban J connectivity index is 1.35. The monoisotopic (exact) mass is 461 g/mol. The van der Waals surface area contributed by atoms with Crippen molar-refractivity contribution in [2.45, 2.75) is 26.9 Å². The normalized spacial score (nSPS) is 11.8. The van der Waals surface area contributed by atoms with E-state index >= 15 is 0 Å². The molecule has 0 spiro atoms. The van der Waals surface area contributed by atoms with Crippen LogP contribution in [0.3, 0.4) is 0 Å². The van der Waals surface area contributed by atoms with Crippen molar-refractivity contribution in [2.75, 3.05) is 20.3 Å². The molecular weight excluding hydrogens is 434 g/mol. The Bertz CT molecular complexity index is 1300. The molecule has 0 radical (unpaired) electrons. The van der Waals surface area contributed by atoms with Gasteiger partial charge in [0.15, 0.2) is 17.6 Å².